The van der Waals surface area contributed by atoms with Crippen LogP contribution in [0.2, 0.25) is 0 Å². The maximum atomic E-state index is 5.76. The fourth-order valence-electron chi connectivity index (χ4n) is 2.30. The quantitative estimate of drug-likeness (QED) is 0.845. The third-order valence-corrected chi connectivity index (χ3v) is 3.78. The maximum Gasteiger partial charge on any atom is 0.192 e. The molecule has 1 aromatic heterocycles. The van der Waals surface area contributed by atoms with E-state index in [9.17, 15) is 0 Å². The van der Waals surface area contributed by atoms with E-state index in [1.54, 1.807) is 0 Å². The number of aryl methyl sites for hydroxylation is 1. The van der Waals surface area contributed by atoms with E-state index in [0.29, 0.717) is 5.41 Å². The van der Waals surface area contributed by atoms with Crippen LogP contribution in [-0.4, -0.2) is 18.1 Å². The highest BCUT2D eigenvalue weighted by atomic mass is 16.3. The van der Waals surface area contributed by atoms with Crippen LogP contribution in [0.15, 0.2) is 22.6 Å². The van der Waals surface area contributed by atoms with Gasteiger partial charge in [0.2, 0.25) is 0 Å². The average Bonchev–Trinajstić information content (AvgIpc) is 3.04. The van der Waals surface area contributed by atoms with Gasteiger partial charge in [-0.2, -0.15) is 0 Å². The van der Waals surface area contributed by atoms with E-state index in [-0.39, 0.29) is 0 Å². The number of nitrogens with two attached hydrogens (primary N) is 1. The Labute approximate surface area is 107 Å². The summed E-state index contributed by atoms with van der Waals surface area (Å²) < 4.78 is 5.53. The third kappa shape index (κ3) is 2.26. The van der Waals surface area contributed by atoms with E-state index in [1.807, 2.05) is 13.0 Å². The van der Waals surface area contributed by atoms with Gasteiger partial charge in [-0.25, -0.2) is 4.98 Å². The van der Waals surface area contributed by atoms with Gasteiger partial charge in [-0.1, -0.05) is 6.07 Å². The Morgan fingerprint density at radius 2 is 2.28 bits per heavy atom. The minimum Gasteiger partial charge on any atom is -0.441 e. The molecule has 1 aliphatic carbocycles. The van der Waals surface area contributed by atoms with Crippen molar-refractivity contribution in [1.82, 2.24) is 10.3 Å². The Bertz CT molecular complexity index is 557. The molecule has 0 saturated heterocycles. The van der Waals surface area contributed by atoms with Gasteiger partial charge in [0.25, 0.3) is 0 Å². The summed E-state index contributed by atoms with van der Waals surface area (Å²) in [4.78, 5) is 4.29. The van der Waals surface area contributed by atoms with E-state index < -0.39 is 0 Å². The number of hydrogen-bond donors (Lipinski definition) is 2. The van der Waals surface area contributed by atoms with Gasteiger partial charge >= 0.3 is 0 Å². The molecule has 4 nitrogen and oxygen atoms in total. The maximum absolute atomic E-state index is 5.76. The Morgan fingerprint density at radius 1 is 1.44 bits per heavy atom. The molecule has 0 atom stereocenters. The van der Waals surface area contributed by atoms with Gasteiger partial charge in [-0.15, -0.1) is 0 Å². The number of nitrogens with one attached hydrogen (secondary N) is 1. The van der Waals surface area contributed by atoms with Crippen molar-refractivity contribution in [2.45, 2.75) is 26.3 Å². The SMILES string of the molecule is Cc1nc2ccc(CNCC3(CN)CC3)cc2o1. The molecule has 18 heavy (non-hydrogen) atoms. The van der Waals surface area contributed by atoms with E-state index in [2.05, 4.69) is 22.4 Å². The molecule has 0 amide bonds. The van der Waals surface area contributed by atoms with Crippen molar-refractivity contribution in [3.05, 3.63) is 29.7 Å². The molecule has 0 unspecified atom stereocenters. The van der Waals surface area contributed by atoms with E-state index in [0.717, 1.165) is 36.6 Å². The summed E-state index contributed by atoms with van der Waals surface area (Å²) in [6.07, 6.45) is 2.52. The van der Waals surface area contributed by atoms with Crippen molar-refractivity contribution in [2.75, 3.05) is 13.1 Å². The molecular weight excluding hydrogens is 226 g/mol. The smallest absolute Gasteiger partial charge is 0.192 e. The molecule has 1 aromatic carbocycles. The number of benzene rings is 1. The molecule has 1 aliphatic rings. The van der Waals surface area contributed by atoms with Gasteiger partial charge in [0, 0.05) is 20.0 Å². The van der Waals surface area contributed by atoms with Gasteiger partial charge in [-0.05, 0) is 42.5 Å². The predicted molar refractivity (Wildman–Crippen MR) is 71.2 cm³/mol. The predicted octanol–water partition coefficient (Wildman–Crippen LogP) is 1.96. The van der Waals surface area contributed by atoms with Crippen molar-refractivity contribution in [3.63, 3.8) is 0 Å². The summed E-state index contributed by atoms with van der Waals surface area (Å²) in [7, 11) is 0. The molecule has 96 valence electrons. The average molecular weight is 245 g/mol. The third-order valence-electron chi connectivity index (χ3n) is 3.78. The molecule has 1 fully saturated rings. The van der Waals surface area contributed by atoms with Gasteiger partial charge in [0.15, 0.2) is 11.5 Å². The lowest BCUT2D eigenvalue weighted by molar-refractivity contribution is 0.467. The topological polar surface area (TPSA) is 64.1 Å². The van der Waals surface area contributed by atoms with E-state index in [4.69, 9.17) is 10.2 Å². The summed E-state index contributed by atoms with van der Waals surface area (Å²) >= 11 is 0. The summed E-state index contributed by atoms with van der Waals surface area (Å²) in [6.45, 7) is 4.53. The number of oxazole rings is 1. The number of rotatable bonds is 5. The lowest BCUT2D eigenvalue weighted by atomic mass is 10.1. The molecular formula is C14H19N3O. The number of fused-ring (bicyclic) bond motifs is 1. The van der Waals surface area contributed by atoms with Crippen LogP contribution < -0.4 is 11.1 Å². The van der Waals surface area contributed by atoms with Crippen molar-refractivity contribution < 1.29 is 4.42 Å². The zero-order valence-corrected chi connectivity index (χ0v) is 10.7. The first-order valence-electron chi connectivity index (χ1n) is 6.48. The van der Waals surface area contributed by atoms with Crippen molar-refractivity contribution >= 4 is 11.1 Å². The number of hydrogen-bond acceptors (Lipinski definition) is 4. The molecule has 1 saturated carbocycles. The first-order chi connectivity index (χ1) is 8.71. The van der Waals surface area contributed by atoms with Crippen molar-refractivity contribution in [1.29, 1.82) is 0 Å². The minimum atomic E-state index is 0.382. The molecule has 0 aliphatic heterocycles. The fourth-order valence-corrected chi connectivity index (χ4v) is 2.30. The highest BCUT2D eigenvalue weighted by Gasteiger charge is 2.40. The Balaban J connectivity index is 1.63. The lowest BCUT2D eigenvalue weighted by Crippen LogP contribution is -2.29. The standard InChI is InChI=1S/C14H19N3O/c1-10-17-12-3-2-11(6-13(12)18-10)7-16-9-14(8-15)4-5-14/h2-3,6,16H,4-5,7-9,15H2,1H3. The van der Waals surface area contributed by atoms with Crippen LogP contribution in [0, 0.1) is 12.3 Å². The molecule has 0 spiro atoms. The van der Waals surface area contributed by atoms with Crippen LogP contribution in [0.5, 0.6) is 0 Å². The highest BCUT2D eigenvalue weighted by molar-refractivity contribution is 5.73. The highest BCUT2D eigenvalue weighted by Crippen LogP contribution is 2.43. The Morgan fingerprint density at radius 3 is 3.00 bits per heavy atom. The first-order valence-corrected chi connectivity index (χ1v) is 6.48. The molecule has 3 N–H and O–H groups in total. The monoisotopic (exact) mass is 245 g/mol. The van der Waals surface area contributed by atoms with Crippen molar-refractivity contribution in [2.24, 2.45) is 11.1 Å². The van der Waals surface area contributed by atoms with Gasteiger partial charge in [-0.3, -0.25) is 0 Å². The zero-order chi connectivity index (χ0) is 12.6. The van der Waals surface area contributed by atoms with Crippen LogP contribution in [-0.2, 0) is 6.54 Å². The van der Waals surface area contributed by atoms with E-state index >= 15 is 0 Å². The van der Waals surface area contributed by atoms with Gasteiger partial charge < -0.3 is 15.5 Å². The van der Waals surface area contributed by atoms with Crippen LogP contribution in [0.3, 0.4) is 0 Å². The largest absolute Gasteiger partial charge is 0.441 e. The summed E-state index contributed by atoms with van der Waals surface area (Å²) in [6, 6.07) is 6.17. The Kier molecular flexibility index (Phi) is 2.84. The van der Waals surface area contributed by atoms with E-state index in [1.165, 1.54) is 18.4 Å². The summed E-state index contributed by atoms with van der Waals surface area (Å²) in [5.74, 6) is 0.718. The normalized spacial score (nSPS) is 17.2. The van der Waals surface area contributed by atoms with Crippen LogP contribution >= 0.6 is 0 Å². The van der Waals surface area contributed by atoms with Crippen molar-refractivity contribution in [3.8, 4) is 0 Å². The second kappa shape index (κ2) is 4.37. The van der Waals surface area contributed by atoms with Crippen LogP contribution in [0.1, 0.15) is 24.3 Å². The summed E-state index contributed by atoms with van der Waals surface area (Å²) in [5, 5.41) is 3.48. The number of aromatic nitrogens is 1. The molecule has 3 rings (SSSR count). The second-order valence-corrected chi connectivity index (χ2v) is 5.34. The summed E-state index contributed by atoms with van der Waals surface area (Å²) in [5.41, 5.74) is 9.17. The fraction of sp³-hybridized carbons (Fsp3) is 0.500. The molecule has 4 heteroatoms. The molecule has 2 aromatic rings. The second-order valence-electron chi connectivity index (χ2n) is 5.34. The van der Waals surface area contributed by atoms with Crippen LogP contribution in [0.4, 0.5) is 0 Å². The lowest BCUT2D eigenvalue weighted by Gasteiger charge is -2.13. The van der Waals surface area contributed by atoms with Gasteiger partial charge in [0.1, 0.15) is 5.52 Å². The Hall–Kier alpha value is -1.39. The van der Waals surface area contributed by atoms with Gasteiger partial charge in [0.05, 0.1) is 0 Å². The molecule has 0 bridgehead atoms. The molecule has 1 heterocycles. The zero-order valence-electron chi connectivity index (χ0n) is 10.7. The first kappa shape index (κ1) is 11.7. The number of nitrogens with zero attached hydrogens (tertiary/aromatic N) is 1. The van der Waals surface area contributed by atoms with Crippen LogP contribution in [0.25, 0.3) is 11.1 Å². The minimum absolute atomic E-state index is 0.382. The molecule has 0 radical (unpaired) electrons.